The first-order valence-electron chi connectivity index (χ1n) is 10.9. The van der Waals surface area contributed by atoms with Crippen LogP contribution in [0.3, 0.4) is 0 Å². The molecule has 4 rings (SSSR count). The van der Waals surface area contributed by atoms with Crippen LogP contribution < -0.4 is 15.0 Å². The molecular weight excluding hydrogens is 544 g/mol. The summed E-state index contributed by atoms with van der Waals surface area (Å²) in [4.78, 5) is 27.5. The molecule has 35 heavy (non-hydrogen) atoms. The first kappa shape index (κ1) is 25.2. The molecule has 0 saturated carbocycles. The van der Waals surface area contributed by atoms with Crippen LogP contribution in [0.15, 0.2) is 70.0 Å². The van der Waals surface area contributed by atoms with Gasteiger partial charge in [0.1, 0.15) is 5.75 Å². The number of thioether (sulfide) groups is 1. The van der Waals surface area contributed by atoms with Crippen molar-refractivity contribution in [1.29, 1.82) is 0 Å². The lowest BCUT2D eigenvalue weighted by Crippen LogP contribution is -2.28. The average molecular weight is 568 g/mol. The Labute approximate surface area is 222 Å². The molecule has 0 aliphatic carbocycles. The van der Waals surface area contributed by atoms with Crippen LogP contribution >= 0.6 is 39.9 Å². The number of thiocarbonyl (C=S) groups is 1. The Bertz CT molecular complexity index is 1330. The van der Waals surface area contributed by atoms with Crippen molar-refractivity contribution in [2.45, 2.75) is 20.8 Å². The normalized spacial score (nSPS) is 14.5. The summed E-state index contributed by atoms with van der Waals surface area (Å²) in [5.41, 5.74) is 5.37. The largest absolute Gasteiger partial charge is 0.484 e. The molecule has 1 saturated heterocycles. The Morgan fingerprint density at radius 1 is 1.06 bits per heavy atom. The Kier molecular flexibility index (Phi) is 7.74. The molecule has 0 atom stereocenters. The molecule has 8 heteroatoms. The fourth-order valence-corrected chi connectivity index (χ4v) is 5.71. The summed E-state index contributed by atoms with van der Waals surface area (Å²) in [6.45, 7) is 5.74. The van der Waals surface area contributed by atoms with Crippen molar-refractivity contribution in [3.05, 3.63) is 92.3 Å². The van der Waals surface area contributed by atoms with Gasteiger partial charge in [0.15, 0.2) is 10.9 Å². The maximum absolute atomic E-state index is 13.0. The quantitative estimate of drug-likeness (QED) is 0.262. The predicted octanol–water partition coefficient (Wildman–Crippen LogP) is 6.80. The van der Waals surface area contributed by atoms with Crippen LogP contribution in [0.25, 0.3) is 6.08 Å². The zero-order chi connectivity index (χ0) is 25.1. The van der Waals surface area contributed by atoms with Gasteiger partial charge in [-0.2, -0.15) is 0 Å². The van der Waals surface area contributed by atoms with Crippen LogP contribution in [0.2, 0.25) is 0 Å². The van der Waals surface area contributed by atoms with Crippen LogP contribution in [-0.2, 0) is 9.59 Å². The van der Waals surface area contributed by atoms with Gasteiger partial charge >= 0.3 is 0 Å². The molecule has 1 aliphatic rings. The van der Waals surface area contributed by atoms with E-state index in [0.717, 1.165) is 38.1 Å². The Morgan fingerprint density at radius 2 is 1.71 bits per heavy atom. The average Bonchev–Trinajstić information content (AvgIpc) is 3.08. The van der Waals surface area contributed by atoms with E-state index in [9.17, 15) is 9.59 Å². The molecule has 0 aromatic heterocycles. The summed E-state index contributed by atoms with van der Waals surface area (Å²) < 4.78 is 7.13. The summed E-state index contributed by atoms with van der Waals surface area (Å²) in [5, 5.41) is 2.91. The zero-order valence-corrected chi connectivity index (χ0v) is 22.6. The SMILES string of the molecule is Cc1ccccc1N1C(=O)/C(=C/c2ccc(OCC(=O)Nc3c(C)cc(Br)cc3C)cc2)SC1=S. The van der Waals surface area contributed by atoms with Crippen molar-refractivity contribution >= 4 is 73.5 Å². The van der Waals surface area contributed by atoms with Crippen LogP contribution in [-0.4, -0.2) is 22.7 Å². The van der Waals surface area contributed by atoms with E-state index in [1.54, 1.807) is 17.0 Å². The predicted molar refractivity (Wildman–Crippen MR) is 151 cm³/mol. The number of benzene rings is 3. The molecule has 0 bridgehead atoms. The Balaban J connectivity index is 1.39. The number of hydrogen-bond donors (Lipinski definition) is 1. The topological polar surface area (TPSA) is 58.6 Å². The number of para-hydroxylation sites is 1. The van der Waals surface area contributed by atoms with Crippen molar-refractivity contribution in [2.24, 2.45) is 0 Å². The van der Waals surface area contributed by atoms with Crippen molar-refractivity contribution in [1.82, 2.24) is 0 Å². The smallest absolute Gasteiger partial charge is 0.270 e. The van der Waals surface area contributed by atoms with E-state index in [0.29, 0.717) is 15.0 Å². The lowest BCUT2D eigenvalue weighted by molar-refractivity contribution is -0.118. The molecule has 5 nitrogen and oxygen atoms in total. The highest BCUT2D eigenvalue weighted by atomic mass is 79.9. The van der Waals surface area contributed by atoms with Gasteiger partial charge in [-0.15, -0.1) is 0 Å². The number of aryl methyl sites for hydroxylation is 3. The molecule has 178 valence electrons. The fraction of sp³-hybridized carbons (Fsp3) is 0.148. The van der Waals surface area contributed by atoms with Gasteiger partial charge in [-0.1, -0.05) is 70.2 Å². The Hall–Kier alpha value is -2.94. The number of nitrogens with zero attached hydrogens (tertiary/aromatic N) is 1. The number of anilines is 2. The molecule has 0 radical (unpaired) electrons. The van der Waals surface area contributed by atoms with Gasteiger partial charge in [0, 0.05) is 10.2 Å². The van der Waals surface area contributed by atoms with Gasteiger partial charge < -0.3 is 10.1 Å². The van der Waals surface area contributed by atoms with Crippen LogP contribution in [0.1, 0.15) is 22.3 Å². The highest BCUT2D eigenvalue weighted by Gasteiger charge is 2.33. The number of amides is 2. The number of carbonyl (C=O) groups is 2. The molecule has 1 fully saturated rings. The summed E-state index contributed by atoms with van der Waals surface area (Å²) >= 11 is 10.2. The summed E-state index contributed by atoms with van der Waals surface area (Å²) in [5.74, 6) is 0.196. The number of nitrogens with one attached hydrogen (secondary N) is 1. The molecule has 1 aliphatic heterocycles. The minimum absolute atomic E-state index is 0.108. The van der Waals surface area contributed by atoms with E-state index in [4.69, 9.17) is 17.0 Å². The van der Waals surface area contributed by atoms with Crippen LogP contribution in [0.5, 0.6) is 5.75 Å². The Morgan fingerprint density at radius 3 is 2.37 bits per heavy atom. The van der Waals surface area contributed by atoms with Crippen LogP contribution in [0.4, 0.5) is 11.4 Å². The summed E-state index contributed by atoms with van der Waals surface area (Å²) in [6.07, 6.45) is 1.81. The molecular formula is C27H23BrN2O3S2. The van der Waals surface area contributed by atoms with Gasteiger partial charge in [-0.05, 0) is 79.4 Å². The minimum Gasteiger partial charge on any atom is -0.484 e. The van der Waals surface area contributed by atoms with Crippen molar-refractivity contribution in [2.75, 3.05) is 16.8 Å². The summed E-state index contributed by atoms with van der Waals surface area (Å²) in [7, 11) is 0. The standard InChI is InChI=1S/C27H23BrN2O3S2/c1-16-6-4-5-7-22(16)30-26(32)23(35-27(30)34)14-19-8-10-21(11-9-19)33-15-24(31)29-25-17(2)12-20(28)13-18(25)3/h4-14H,15H2,1-3H3,(H,29,31)/b23-14-. The fourth-order valence-electron chi connectivity index (χ4n) is 3.73. The monoisotopic (exact) mass is 566 g/mol. The lowest BCUT2D eigenvalue weighted by atomic mass is 10.1. The van der Waals surface area contributed by atoms with Gasteiger partial charge in [0.2, 0.25) is 0 Å². The lowest BCUT2D eigenvalue weighted by Gasteiger charge is -2.16. The maximum Gasteiger partial charge on any atom is 0.270 e. The number of rotatable bonds is 6. The molecule has 1 N–H and O–H groups in total. The highest BCUT2D eigenvalue weighted by molar-refractivity contribution is 9.10. The van der Waals surface area contributed by atoms with Gasteiger partial charge in [-0.3, -0.25) is 14.5 Å². The van der Waals surface area contributed by atoms with Crippen LogP contribution in [0, 0.1) is 20.8 Å². The van der Waals surface area contributed by atoms with E-state index in [-0.39, 0.29) is 18.4 Å². The minimum atomic E-state index is -0.234. The van der Waals surface area contributed by atoms with E-state index >= 15 is 0 Å². The zero-order valence-electron chi connectivity index (χ0n) is 19.4. The van der Waals surface area contributed by atoms with E-state index in [1.807, 2.05) is 75.4 Å². The van der Waals surface area contributed by atoms with Gasteiger partial charge in [0.25, 0.3) is 11.8 Å². The first-order valence-corrected chi connectivity index (χ1v) is 12.9. The van der Waals surface area contributed by atoms with Crippen molar-refractivity contribution in [3.8, 4) is 5.75 Å². The second-order valence-corrected chi connectivity index (χ2v) is 10.7. The van der Waals surface area contributed by atoms with E-state index in [1.165, 1.54) is 11.8 Å². The van der Waals surface area contributed by atoms with Crippen molar-refractivity contribution < 1.29 is 14.3 Å². The molecule has 3 aromatic rings. The van der Waals surface area contributed by atoms with E-state index in [2.05, 4.69) is 21.2 Å². The first-order chi connectivity index (χ1) is 16.7. The summed E-state index contributed by atoms with van der Waals surface area (Å²) in [6, 6.07) is 18.8. The number of carbonyl (C=O) groups excluding carboxylic acids is 2. The third-order valence-corrected chi connectivity index (χ3v) is 7.22. The number of ether oxygens (including phenoxy) is 1. The number of hydrogen-bond acceptors (Lipinski definition) is 5. The van der Waals surface area contributed by atoms with E-state index < -0.39 is 0 Å². The molecule has 1 heterocycles. The highest BCUT2D eigenvalue weighted by Crippen LogP contribution is 2.37. The maximum atomic E-state index is 13.0. The molecule has 3 aromatic carbocycles. The molecule has 2 amide bonds. The van der Waals surface area contributed by atoms with Crippen molar-refractivity contribution in [3.63, 3.8) is 0 Å². The third-order valence-electron chi connectivity index (χ3n) is 5.46. The molecule has 0 unspecified atom stereocenters. The second kappa shape index (κ2) is 10.8. The van der Waals surface area contributed by atoms with Gasteiger partial charge in [-0.25, -0.2) is 0 Å². The number of halogens is 1. The third kappa shape index (κ3) is 5.83. The van der Waals surface area contributed by atoms with Gasteiger partial charge in [0.05, 0.1) is 10.6 Å². The molecule has 0 spiro atoms. The second-order valence-electron chi connectivity index (χ2n) is 8.12.